The van der Waals surface area contributed by atoms with Crippen LogP contribution in [0.1, 0.15) is 26.2 Å². The molecule has 2 unspecified atom stereocenters. The molecule has 2 heteroatoms. The van der Waals surface area contributed by atoms with Crippen LogP contribution in [-0.2, 0) is 4.74 Å². The first-order valence-corrected chi connectivity index (χ1v) is 3.72. The van der Waals surface area contributed by atoms with Gasteiger partial charge in [0, 0.05) is 19.1 Å². The molecule has 2 saturated heterocycles. The summed E-state index contributed by atoms with van der Waals surface area (Å²) in [5, 5.41) is 3.40. The number of rotatable bonds is 0. The smallest absolute Gasteiger partial charge is 0.121 e. The quantitative estimate of drug-likeness (QED) is 0.521. The molecular weight excluding hydrogens is 114 g/mol. The van der Waals surface area contributed by atoms with E-state index in [4.69, 9.17) is 4.74 Å². The van der Waals surface area contributed by atoms with Crippen LogP contribution in [0.25, 0.3) is 0 Å². The van der Waals surface area contributed by atoms with E-state index in [9.17, 15) is 0 Å². The average molecular weight is 127 g/mol. The van der Waals surface area contributed by atoms with E-state index in [0.29, 0.717) is 6.04 Å². The molecule has 2 heterocycles. The van der Waals surface area contributed by atoms with Gasteiger partial charge in [0.05, 0.1) is 0 Å². The van der Waals surface area contributed by atoms with Crippen molar-refractivity contribution in [2.75, 3.05) is 6.61 Å². The number of ether oxygens (including phenoxy) is 1. The maximum atomic E-state index is 5.54. The first-order chi connectivity index (χ1) is 4.31. The average Bonchev–Trinajstić information content (AvgIpc) is 2.12. The third-order valence-electron chi connectivity index (χ3n) is 2.25. The van der Waals surface area contributed by atoms with Gasteiger partial charge in [0.2, 0.25) is 0 Å². The molecule has 0 radical (unpaired) electrons. The van der Waals surface area contributed by atoms with E-state index in [2.05, 4.69) is 12.2 Å². The molecule has 2 nitrogen and oxygen atoms in total. The number of nitrogens with one attached hydrogen (secondary N) is 1. The fourth-order valence-corrected chi connectivity index (χ4v) is 1.89. The van der Waals surface area contributed by atoms with Crippen LogP contribution in [0.5, 0.6) is 0 Å². The monoisotopic (exact) mass is 127 g/mol. The molecule has 0 saturated carbocycles. The molecule has 0 bridgehead atoms. The molecule has 0 aliphatic carbocycles. The van der Waals surface area contributed by atoms with Crippen LogP contribution in [0, 0.1) is 0 Å². The van der Waals surface area contributed by atoms with Crippen LogP contribution >= 0.6 is 0 Å². The summed E-state index contributed by atoms with van der Waals surface area (Å²) >= 11 is 0. The molecule has 2 atom stereocenters. The van der Waals surface area contributed by atoms with E-state index in [1.165, 1.54) is 19.3 Å². The van der Waals surface area contributed by atoms with Crippen molar-refractivity contribution in [2.45, 2.75) is 38.0 Å². The molecule has 52 valence electrons. The second-order valence-corrected chi connectivity index (χ2v) is 3.20. The largest absolute Gasteiger partial charge is 0.361 e. The van der Waals surface area contributed by atoms with Crippen LogP contribution in [0.15, 0.2) is 0 Å². The van der Waals surface area contributed by atoms with Crippen molar-refractivity contribution in [3.63, 3.8) is 0 Å². The van der Waals surface area contributed by atoms with E-state index < -0.39 is 0 Å². The Morgan fingerprint density at radius 3 is 2.89 bits per heavy atom. The molecule has 0 amide bonds. The predicted octanol–water partition coefficient (Wildman–Crippen LogP) is 0.875. The Bertz CT molecular complexity index is 110. The van der Waals surface area contributed by atoms with Crippen molar-refractivity contribution in [3.8, 4) is 0 Å². The topological polar surface area (TPSA) is 21.3 Å². The number of hydrogen-bond acceptors (Lipinski definition) is 2. The summed E-state index contributed by atoms with van der Waals surface area (Å²) in [5.74, 6) is 0. The highest BCUT2D eigenvalue weighted by atomic mass is 16.5. The van der Waals surface area contributed by atoms with Crippen LogP contribution < -0.4 is 5.32 Å². The second-order valence-electron chi connectivity index (χ2n) is 3.20. The minimum atomic E-state index is 0.138. The van der Waals surface area contributed by atoms with Crippen molar-refractivity contribution in [1.82, 2.24) is 5.32 Å². The summed E-state index contributed by atoms with van der Waals surface area (Å²) < 4.78 is 5.54. The first-order valence-electron chi connectivity index (χ1n) is 3.72. The van der Waals surface area contributed by atoms with Gasteiger partial charge in [-0.05, 0) is 19.8 Å². The van der Waals surface area contributed by atoms with Gasteiger partial charge in [-0.25, -0.2) is 0 Å². The minimum Gasteiger partial charge on any atom is -0.361 e. The van der Waals surface area contributed by atoms with Crippen molar-refractivity contribution in [2.24, 2.45) is 0 Å². The van der Waals surface area contributed by atoms with Crippen molar-refractivity contribution in [3.05, 3.63) is 0 Å². The van der Waals surface area contributed by atoms with Gasteiger partial charge >= 0.3 is 0 Å². The van der Waals surface area contributed by atoms with Crippen molar-refractivity contribution >= 4 is 0 Å². The fourth-order valence-electron chi connectivity index (χ4n) is 1.89. The Balaban J connectivity index is 1.95. The molecule has 0 aromatic heterocycles. The number of hydrogen-bond donors (Lipinski definition) is 1. The third-order valence-corrected chi connectivity index (χ3v) is 2.25. The molecule has 2 aliphatic rings. The third kappa shape index (κ3) is 0.775. The van der Waals surface area contributed by atoms with Gasteiger partial charge in [-0.1, -0.05) is 0 Å². The summed E-state index contributed by atoms with van der Waals surface area (Å²) in [6.45, 7) is 3.16. The zero-order chi connectivity index (χ0) is 6.32. The Kier molecular flexibility index (Phi) is 1.08. The van der Waals surface area contributed by atoms with Gasteiger partial charge in [-0.3, -0.25) is 5.32 Å². The minimum absolute atomic E-state index is 0.138. The Morgan fingerprint density at radius 2 is 2.44 bits per heavy atom. The summed E-state index contributed by atoms with van der Waals surface area (Å²) in [4.78, 5) is 0. The molecule has 9 heavy (non-hydrogen) atoms. The molecule has 0 aromatic rings. The molecule has 2 fully saturated rings. The molecule has 2 aliphatic heterocycles. The first kappa shape index (κ1) is 5.69. The zero-order valence-corrected chi connectivity index (χ0v) is 5.81. The summed E-state index contributed by atoms with van der Waals surface area (Å²) in [7, 11) is 0. The van der Waals surface area contributed by atoms with E-state index >= 15 is 0 Å². The predicted molar refractivity (Wildman–Crippen MR) is 35.1 cm³/mol. The van der Waals surface area contributed by atoms with Gasteiger partial charge in [0.25, 0.3) is 0 Å². The molecule has 0 aromatic carbocycles. The van der Waals surface area contributed by atoms with Crippen LogP contribution in [0.3, 0.4) is 0 Å². The molecule has 1 spiro atoms. The highest BCUT2D eigenvalue weighted by Gasteiger charge is 2.44. The second kappa shape index (κ2) is 1.70. The Labute approximate surface area is 55.6 Å². The summed E-state index contributed by atoms with van der Waals surface area (Å²) in [5.41, 5.74) is 0.138. The normalized spacial score (nSPS) is 49.7. The van der Waals surface area contributed by atoms with Gasteiger partial charge in [-0.2, -0.15) is 0 Å². The SMILES string of the molecule is CC1CC2(CCCO2)N1. The highest BCUT2D eigenvalue weighted by molar-refractivity contribution is 4.96. The lowest BCUT2D eigenvalue weighted by atomic mass is 9.92. The van der Waals surface area contributed by atoms with Crippen molar-refractivity contribution in [1.29, 1.82) is 0 Å². The van der Waals surface area contributed by atoms with E-state index in [-0.39, 0.29) is 5.72 Å². The van der Waals surface area contributed by atoms with E-state index in [1.54, 1.807) is 0 Å². The van der Waals surface area contributed by atoms with Gasteiger partial charge in [-0.15, -0.1) is 0 Å². The summed E-state index contributed by atoms with van der Waals surface area (Å²) in [6.07, 6.45) is 3.67. The van der Waals surface area contributed by atoms with E-state index in [1.807, 2.05) is 0 Å². The van der Waals surface area contributed by atoms with Gasteiger partial charge in [0.1, 0.15) is 5.72 Å². The maximum absolute atomic E-state index is 5.54. The van der Waals surface area contributed by atoms with Crippen LogP contribution in [-0.4, -0.2) is 18.4 Å². The van der Waals surface area contributed by atoms with E-state index in [0.717, 1.165) is 6.61 Å². The highest BCUT2D eigenvalue weighted by Crippen LogP contribution is 2.34. The zero-order valence-electron chi connectivity index (χ0n) is 5.81. The molecule has 1 N–H and O–H groups in total. The van der Waals surface area contributed by atoms with Crippen LogP contribution in [0.4, 0.5) is 0 Å². The molecule has 2 rings (SSSR count). The lowest BCUT2D eigenvalue weighted by Crippen LogP contribution is -2.61. The Morgan fingerprint density at radius 1 is 1.67 bits per heavy atom. The fraction of sp³-hybridized carbons (Fsp3) is 1.00. The standard InChI is InChI=1S/C7H13NO/c1-6-5-7(8-6)3-2-4-9-7/h6,8H,2-5H2,1H3. The van der Waals surface area contributed by atoms with Crippen molar-refractivity contribution < 1.29 is 4.74 Å². The van der Waals surface area contributed by atoms with Gasteiger partial charge < -0.3 is 4.74 Å². The lowest BCUT2D eigenvalue weighted by Gasteiger charge is -2.44. The Hall–Kier alpha value is -0.0800. The lowest BCUT2D eigenvalue weighted by molar-refractivity contribution is -0.0973. The van der Waals surface area contributed by atoms with Gasteiger partial charge in [0.15, 0.2) is 0 Å². The molecular formula is C7H13NO. The maximum Gasteiger partial charge on any atom is 0.121 e. The summed E-state index contributed by atoms with van der Waals surface area (Å²) in [6, 6.07) is 0.683. The van der Waals surface area contributed by atoms with Crippen LogP contribution in [0.2, 0.25) is 0 Å².